The van der Waals surface area contributed by atoms with Crippen molar-refractivity contribution in [2.75, 3.05) is 34.4 Å². The van der Waals surface area contributed by atoms with Crippen LogP contribution < -0.4 is 14.8 Å². The quantitative estimate of drug-likeness (QED) is 0.870. The van der Waals surface area contributed by atoms with Gasteiger partial charge in [-0.3, -0.25) is 4.90 Å². The van der Waals surface area contributed by atoms with E-state index in [2.05, 4.69) is 15.6 Å². The van der Waals surface area contributed by atoms with Gasteiger partial charge in [0, 0.05) is 30.6 Å². The summed E-state index contributed by atoms with van der Waals surface area (Å²) in [6, 6.07) is 6.45. The van der Waals surface area contributed by atoms with E-state index < -0.39 is 0 Å². The molecule has 1 unspecified atom stereocenters. The van der Waals surface area contributed by atoms with Crippen LogP contribution >= 0.6 is 11.3 Å². The summed E-state index contributed by atoms with van der Waals surface area (Å²) in [5.41, 5.74) is 2.14. The van der Waals surface area contributed by atoms with E-state index in [4.69, 9.17) is 14.5 Å². The number of aromatic nitrogens is 1. The van der Waals surface area contributed by atoms with Crippen molar-refractivity contribution < 1.29 is 9.47 Å². The van der Waals surface area contributed by atoms with Crippen molar-refractivity contribution in [3.05, 3.63) is 29.3 Å². The Bertz CT molecular complexity index is 674. The van der Waals surface area contributed by atoms with Gasteiger partial charge in [0.25, 0.3) is 0 Å². The van der Waals surface area contributed by atoms with E-state index in [1.54, 1.807) is 25.6 Å². The predicted octanol–water partition coefficient (Wildman–Crippen LogP) is 3.01. The summed E-state index contributed by atoms with van der Waals surface area (Å²) < 4.78 is 10.8. The van der Waals surface area contributed by atoms with Crippen LogP contribution in [0.4, 0.5) is 0 Å². The number of nitrogens with one attached hydrogen (secondary N) is 1. The van der Waals surface area contributed by atoms with Gasteiger partial charge in [0.1, 0.15) is 16.5 Å². The second kappa shape index (κ2) is 7.96. The molecule has 1 N–H and O–H groups in total. The minimum Gasteiger partial charge on any atom is -0.497 e. The van der Waals surface area contributed by atoms with Gasteiger partial charge in [-0.15, -0.1) is 11.3 Å². The number of ether oxygens (including phenoxy) is 2. The summed E-state index contributed by atoms with van der Waals surface area (Å²) in [5, 5.41) is 6.54. The SMILES string of the molecule is CNC1CCCN(Cc2csc(-c3ccc(OC)cc3OC)n2)C1. The minimum atomic E-state index is 0.596. The molecule has 24 heavy (non-hydrogen) atoms. The standard InChI is InChI=1S/C18H25N3O2S/c1-19-13-5-4-8-21(10-13)11-14-12-24-18(20-14)16-7-6-15(22-2)9-17(16)23-3/h6-7,9,12-13,19H,4-5,8,10-11H2,1-3H3. The highest BCUT2D eigenvalue weighted by atomic mass is 32.1. The molecule has 0 bridgehead atoms. The Labute approximate surface area is 147 Å². The molecule has 6 heteroatoms. The molecule has 0 saturated carbocycles. The van der Waals surface area contributed by atoms with E-state index in [0.717, 1.165) is 47.4 Å². The first-order chi connectivity index (χ1) is 11.7. The molecule has 0 radical (unpaired) electrons. The fourth-order valence-electron chi connectivity index (χ4n) is 3.14. The zero-order valence-electron chi connectivity index (χ0n) is 14.5. The van der Waals surface area contributed by atoms with E-state index in [1.807, 2.05) is 25.2 Å². The Kier molecular flexibility index (Phi) is 5.71. The first-order valence-electron chi connectivity index (χ1n) is 8.30. The molecule has 0 amide bonds. The summed E-state index contributed by atoms with van der Waals surface area (Å²) in [6.07, 6.45) is 2.51. The molecule has 1 aliphatic heterocycles. The Balaban J connectivity index is 1.73. The number of methoxy groups -OCH3 is 2. The van der Waals surface area contributed by atoms with Crippen molar-refractivity contribution in [2.45, 2.75) is 25.4 Å². The number of hydrogen-bond donors (Lipinski definition) is 1. The Morgan fingerprint density at radius 3 is 2.96 bits per heavy atom. The molecule has 1 saturated heterocycles. The zero-order chi connectivity index (χ0) is 16.9. The van der Waals surface area contributed by atoms with Crippen LogP contribution in [0.15, 0.2) is 23.6 Å². The third-order valence-electron chi connectivity index (χ3n) is 4.49. The summed E-state index contributed by atoms with van der Waals surface area (Å²) in [5.74, 6) is 1.59. The van der Waals surface area contributed by atoms with Crippen molar-refractivity contribution in [1.29, 1.82) is 0 Å². The Hall–Kier alpha value is -1.63. The van der Waals surface area contributed by atoms with Crippen LogP contribution in [-0.2, 0) is 6.54 Å². The summed E-state index contributed by atoms with van der Waals surface area (Å²) in [4.78, 5) is 7.31. The van der Waals surface area contributed by atoms with Crippen molar-refractivity contribution in [1.82, 2.24) is 15.2 Å². The van der Waals surface area contributed by atoms with Crippen LogP contribution in [0.3, 0.4) is 0 Å². The second-order valence-corrected chi connectivity index (χ2v) is 6.93. The highest BCUT2D eigenvalue weighted by molar-refractivity contribution is 7.13. The zero-order valence-corrected chi connectivity index (χ0v) is 15.4. The fraction of sp³-hybridized carbons (Fsp3) is 0.500. The lowest BCUT2D eigenvalue weighted by Crippen LogP contribution is -2.43. The third-order valence-corrected chi connectivity index (χ3v) is 5.41. The van der Waals surface area contributed by atoms with Gasteiger partial charge in [0.05, 0.1) is 25.5 Å². The number of thiazole rings is 1. The van der Waals surface area contributed by atoms with Gasteiger partial charge in [-0.25, -0.2) is 4.98 Å². The van der Waals surface area contributed by atoms with Crippen LogP contribution in [-0.4, -0.2) is 50.3 Å². The van der Waals surface area contributed by atoms with E-state index in [9.17, 15) is 0 Å². The van der Waals surface area contributed by atoms with Gasteiger partial charge in [0.15, 0.2) is 0 Å². The molecule has 5 nitrogen and oxygen atoms in total. The van der Waals surface area contributed by atoms with Gasteiger partial charge in [-0.2, -0.15) is 0 Å². The number of likely N-dealkylation sites (N-methyl/N-ethyl adjacent to an activating group) is 1. The van der Waals surface area contributed by atoms with Gasteiger partial charge < -0.3 is 14.8 Å². The molecule has 1 atom stereocenters. The lowest BCUT2D eigenvalue weighted by atomic mass is 10.1. The van der Waals surface area contributed by atoms with E-state index >= 15 is 0 Å². The van der Waals surface area contributed by atoms with Gasteiger partial charge in [0.2, 0.25) is 0 Å². The molecule has 1 aromatic carbocycles. The third kappa shape index (κ3) is 3.88. The Morgan fingerprint density at radius 2 is 2.21 bits per heavy atom. The molecule has 1 fully saturated rings. The fourth-order valence-corrected chi connectivity index (χ4v) is 3.98. The minimum absolute atomic E-state index is 0.596. The van der Waals surface area contributed by atoms with Gasteiger partial charge in [-0.1, -0.05) is 0 Å². The molecule has 3 rings (SSSR count). The van der Waals surface area contributed by atoms with Crippen molar-refractivity contribution in [3.63, 3.8) is 0 Å². The number of nitrogens with zero attached hydrogens (tertiary/aromatic N) is 2. The maximum Gasteiger partial charge on any atom is 0.132 e. The highest BCUT2D eigenvalue weighted by Gasteiger charge is 2.19. The van der Waals surface area contributed by atoms with Crippen molar-refractivity contribution in [3.8, 4) is 22.1 Å². The number of rotatable bonds is 6. The topological polar surface area (TPSA) is 46.6 Å². The smallest absolute Gasteiger partial charge is 0.132 e. The average Bonchev–Trinajstić information content (AvgIpc) is 3.09. The highest BCUT2D eigenvalue weighted by Crippen LogP contribution is 2.35. The van der Waals surface area contributed by atoms with Crippen LogP contribution in [0.5, 0.6) is 11.5 Å². The summed E-state index contributed by atoms with van der Waals surface area (Å²) >= 11 is 1.67. The maximum atomic E-state index is 5.50. The van der Waals surface area contributed by atoms with Crippen LogP contribution in [0.25, 0.3) is 10.6 Å². The predicted molar refractivity (Wildman–Crippen MR) is 98.0 cm³/mol. The number of benzene rings is 1. The summed E-state index contributed by atoms with van der Waals surface area (Å²) in [6.45, 7) is 3.15. The molecule has 1 aromatic heterocycles. The first kappa shape index (κ1) is 17.2. The molecule has 0 spiro atoms. The average molecular weight is 347 g/mol. The molecule has 2 heterocycles. The second-order valence-electron chi connectivity index (χ2n) is 6.07. The Morgan fingerprint density at radius 1 is 1.33 bits per heavy atom. The molecule has 0 aliphatic carbocycles. The molecular weight excluding hydrogens is 322 g/mol. The number of likely N-dealkylation sites (tertiary alicyclic amines) is 1. The van der Waals surface area contributed by atoms with Crippen LogP contribution in [0, 0.1) is 0 Å². The van der Waals surface area contributed by atoms with Crippen molar-refractivity contribution >= 4 is 11.3 Å². The van der Waals surface area contributed by atoms with E-state index in [1.165, 1.54) is 12.8 Å². The normalized spacial score (nSPS) is 18.5. The van der Waals surface area contributed by atoms with E-state index in [-0.39, 0.29) is 0 Å². The van der Waals surface area contributed by atoms with Crippen LogP contribution in [0.1, 0.15) is 18.5 Å². The maximum absolute atomic E-state index is 5.50. The number of piperidine rings is 1. The van der Waals surface area contributed by atoms with Gasteiger partial charge >= 0.3 is 0 Å². The monoisotopic (exact) mass is 347 g/mol. The van der Waals surface area contributed by atoms with Crippen LogP contribution in [0.2, 0.25) is 0 Å². The van der Waals surface area contributed by atoms with Crippen molar-refractivity contribution in [2.24, 2.45) is 0 Å². The van der Waals surface area contributed by atoms with E-state index in [0.29, 0.717) is 6.04 Å². The first-order valence-corrected chi connectivity index (χ1v) is 9.18. The molecule has 1 aliphatic rings. The summed E-state index contributed by atoms with van der Waals surface area (Å²) in [7, 11) is 5.39. The lowest BCUT2D eigenvalue weighted by Gasteiger charge is -2.31. The molecule has 130 valence electrons. The molecular formula is C18H25N3O2S. The lowest BCUT2D eigenvalue weighted by molar-refractivity contribution is 0.186. The largest absolute Gasteiger partial charge is 0.497 e. The number of hydrogen-bond acceptors (Lipinski definition) is 6. The van der Waals surface area contributed by atoms with Gasteiger partial charge in [-0.05, 0) is 38.6 Å². The molecule has 2 aromatic rings.